The second-order valence-corrected chi connectivity index (χ2v) is 8.07. The summed E-state index contributed by atoms with van der Waals surface area (Å²) >= 11 is 8.50. The van der Waals surface area contributed by atoms with Gasteiger partial charge in [-0.2, -0.15) is 0 Å². The predicted octanol–water partition coefficient (Wildman–Crippen LogP) is 4.98. The minimum Gasteiger partial charge on any atom is -0.459 e. The molecule has 0 radical (unpaired) electrons. The van der Waals surface area contributed by atoms with E-state index >= 15 is 0 Å². The van der Waals surface area contributed by atoms with E-state index in [0.717, 1.165) is 20.3 Å². The molecule has 118 valence electrons. The smallest absolute Gasteiger partial charge is 0.410 e. The van der Waals surface area contributed by atoms with Gasteiger partial charge in [-0.05, 0) is 55.5 Å². The quantitative estimate of drug-likeness (QED) is 0.550. The molecule has 0 fully saturated rings. The molecule has 2 heterocycles. The molecule has 1 aliphatic heterocycles. The summed E-state index contributed by atoms with van der Waals surface area (Å²) in [5.74, 6) is 0.915. The van der Waals surface area contributed by atoms with Gasteiger partial charge in [0, 0.05) is 27.5 Å². The highest BCUT2D eigenvalue weighted by Crippen LogP contribution is 2.36. The highest BCUT2D eigenvalue weighted by atomic mass is 127. The number of rotatable bonds is 0. The first-order chi connectivity index (χ1) is 10.2. The lowest BCUT2D eigenvalue weighted by Gasteiger charge is -2.29. The molecule has 22 heavy (non-hydrogen) atoms. The summed E-state index contributed by atoms with van der Waals surface area (Å²) in [6.07, 6.45) is 0.389. The molecule has 1 amide bonds. The second kappa shape index (κ2) is 5.60. The molecule has 0 spiro atoms. The zero-order valence-electron chi connectivity index (χ0n) is 12.7. The van der Waals surface area contributed by atoms with Gasteiger partial charge in [-0.25, -0.2) is 4.79 Å². The number of amides is 1. The Labute approximate surface area is 147 Å². The monoisotopic (exact) mass is 433 g/mol. The largest absolute Gasteiger partial charge is 0.459 e. The van der Waals surface area contributed by atoms with Crippen LogP contribution in [0.2, 0.25) is 5.02 Å². The Kier molecular flexibility index (Phi) is 4.05. The number of carbonyl (C=O) groups is 1. The summed E-state index contributed by atoms with van der Waals surface area (Å²) in [7, 11) is 0. The number of halogens is 2. The molecule has 1 aliphatic rings. The van der Waals surface area contributed by atoms with Crippen LogP contribution in [0.25, 0.3) is 11.0 Å². The molecule has 6 heteroatoms. The first kappa shape index (κ1) is 15.9. The second-order valence-electron chi connectivity index (χ2n) is 6.42. The maximum Gasteiger partial charge on any atom is 0.410 e. The van der Waals surface area contributed by atoms with Crippen molar-refractivity contribution in [3.05, 3.63) is 32.0 Å². The first-order valence-corrected chi connectivity index (χ1v) is 8.57. The van der Waals surface area contributed by atoms with E-state index in [-0.39, 0.29) is 6.09 Å². The van der Waals surface area contributed by atoms with Crippen molar-refractivity contribution in [2.24, 2.45) is 0 Å². The van der Waals surface area contributed by atoms with Crippen molar-refractivity contribution in [1.82, 2.24) is 4.90 Å². The minimum absolute atomic E-state index is 0.288. The Balaban J connectivity index is 1.94. The Hall–Kier alpha value is -0.950. The summed E-state index contributed by atoms with van der Waals surface area (Å²) < 4.78 is 12.4. The number of carbonyl (C=O) groups excluding carboxylic acids is 1. The number of fused-ring (bicyclic) bond motifs is 3. The van der Waals surface area contributed by atoms with Crippen molar-refractivity contribution >= 4 is 51.3 Å². The normalized spacial score (nSPS) is 15.0. The summed E-state index contributed by atoms with van der Waals surface area (Å²) in [5.41, 5.74) is 1.25. The molecule has 1 aromatic carbocycles. The average Bonchev–Trinajstić information content (AvgIpc) is 2.75. The molecule has 0 bridgehead atoms. The number of ether oxygens (including phenoxy) is 1. The van der Waals surface area contributed by atoms with Crippen LogP contribution in [0.3, 0.4) is 0 Å². The Morgan fingerprint density at radius 1 is 1.41 bits per heavy atom. The van der Waals surface area contributed by atoms with Crippen molar-refractivity contribution < 1.29 is 13.9 Å². The lowest BCUT2D eigenvalue weighted by atomic mass is 10.1. The minimum atomic E-state index is -0.492. The average molecular weight is 434 g/mol. The van der Waals surface area contributed by atoms with E-state index in [9.17, 15) is 4.79 Å². The van der Waals surface area contributed by atoms with E-state index in [2.05, 4.69) is 22.6 Å². The van der Waals surface area contributed by atoms with Crippen LogP contribution in [0.5, 0.6) is 0 Å². The molecule has 1 aromatic heterocycles. The lowest BCUT2D eigenvalue weighted by Crippen LogP contribution is -2.39. The third-order valence-electron chi connectivity index (χ3n) is 3.50. The number of hydrogen-bond donors (Lipinski definition) is 0. The van der Waals surface area contributed by atoms with E-state index in [1.807, 2.05) is 32.9 Å². The van der Waals surface area contributed by atoms with Crippen molar-refractivity contribution in [3.8, 4) is 0 Å². The van der Waals surface area contributed by atoms with Gasteiger partial charge in [-0.15, -0.1) is 0 Å². The number of hydrogen-bond acceptors (Lipinski definition) is 3. The van der Waals surface area contributed by atoms with Crippen molar-refractivity contribution in [2.75, 3.05) is 6.54 Å². The molecule has 0 saturated carbocycles. The van der Waals surface area contributed by atoms with Gasteiger partial charge in [0.25, 0.3) is 0 Å². The fourth-order valence-corrected chi connectivity index (χ4v) is 3.65. The van der Waals surface area contributed by atoms with Crippen LogP contribution >= 0.6 is 34.2 Å². The molecule has 4 nitrogen and oxygen atoms in total. The summed E-state index contributed by atoms with van der Waals surface area (Å²) in [6, 6.07) is 3.92. The molecule has 3 rings (SSSR count). The van der Waals surface area contributed by atoms with E-state index < -0.39 is 5.60 Å². The van der Waals surface area contributed by atoms with Gasteiger partial charge in [0.2, 0.25) is 0 Å². The highest BCUT2D eigenvalue weighted by molar-refractivity contribution is 14.1. The maximum atomic E-state index is 12.3. The topological polar surface area (TPSA) is 42.7 Å². The lowest BCUT2D eigenvalue weighted by molar-refractivity contribution is 0.0220. The van der Waals surface area contributed by atoms with Gasteiger partial charge in [-0.1, -0.05) is 11.6 Å². The molecule has 0 N–H and O–H groups in total. The highest BCUT2D eigenvalue weighted by Gasteiger charge is 2.29. The Bertz CT molecular complexity index is 748. The van der Waals surface area contributed by atoms with Crippen LogP contribution in [-0.2, 0) is 17.7 Å². The van der Waals surface area contributed by atoms with E-state index in [1.165, 1.54) is 0 Å². The van der Waals surface area contributed by atoms with Gasteiger partial charge < -0.3 is 14.1 Å². The SMILES string of the molecule is CC(C)(C)OC(=O)N1CCc2oc3c(Cl)cc(I)cc3c2C1. The summed E-state index contributed by atoms with van der Waals surface area (Å²) in [4.78, 5) is 14.0. The van der Waals surface area contributed by atoms with E-state index in [1.54, 1.807) is 4.90 Å². The maximum absolute atomic E-state index is 12.3. The fraction of sp³-hybridized carbons (Fsp3) is 0.438. The van der Waals surface area contributed by atoms with Crippen molar-refractivity contribution in [3.63, 3.8) is 0 Å². The van der Waals surface area contributed by atoms with Gasteiger partial charge in [0.1, 0.15) is 11.4 Å². The Morgan fingerprint density at radius 2 is 2.14 bits per heavy atom. The van der Waals surface area contributed by atoms with Gasteiger partial charge in [0.05, 0.1) is 11.6 Å². The first-order valence-electron chi connectivity index (χ1n) is 7.12. The van der Waals surface area contributed by atoms with Gasteiger partial charge in [-0.3, -0.25) is 0 Å². The summed E-state index contributed by atoms with van der Waals surface area (Å²) in [6.45, 7) is 6.70. The number of nitrogens with zero attached hydrogens (tertiary/aromatic N) is 1. The number of benzene rings is 1. The van der Waals surface area contributed by atoms with Crippen LogP contribution < -0.4 is 0 Å². The van der Waals surface area contributed by atoms with E-state index in [0.29, 0.717) is 30.1 Å². The van der Waals surface area contributed by atoms with Crippen LogP contribution in [-0.4, -0.2) is 23.1 Å². The molecule has 0 unspecified atom stereocenters. The van der Waals surface area contributed by atoms with E-state index in [4.69, 9.17) is 20.8 Å². The van der Waals surface area contributed by atoms with Gasteiger partial charge >= 0.3 is 6.09 Å². The van der Waals surface area contributed by atoms with Crippen LogP contribution in [0.1, 0.15) is 32.1 Å². The van der Waals surface area contributed by atoms with Crippen LogP contribution in [0.15, 0.2) is 16.5 Å². The molecule has 0 saturated heterocycles. The predicted molar refractivity (Wildman–Crippen MR) is 94.3 cm³/mol. The van der Waals surface area contributed by atoms with Crippen LogP contribution in [0.4, 0.5) is 4.79 Å². The Morgan fingerprint density at radius 3 is 2.82 bits per heavy atom. The van der Waals surface area contributed by atoms with Crippen molar-refractivity contribution in [2.45, 2.75) is 39.3 Å². The summed E-state index contributed by atoms with van der Waals surface area (Å²) in [5, 5.41) is 1.60. The van der Waals surface area contributed by atoms with Gasteiger partial charge in [0.15, 0.2) is 5.58 Å². The molecule has 2 aromatic rings. The fourth-order valence-electron chi connectivity index (χ4n) is 2.59. The van der Waals surface area contributed by atoms with Crippen LogP contribution in [0, 0.1) is 3.57 Å². The number of furan rings is 1. The molecule has 0 aliphatic carbocycles. The molecular weight excluding hydrogens is 417 g/mol. The van der Waals surface area contributed by atoms with Crippen molar-refractivity contribution in [1.29, 1.82) is 0 Å². The third-order valence-corrected chi connectivity index (χ3v) is 4.41. The molecule has 0 atom stereocenters. The zero-order chi connectivity index (χ0) is 16.1. The zero-order valence-corrected chi connectivity index (χ0v) is 15.6. The third kappa shape index (κ3) is 3.06. The standard InChI is InChI=1S/C16H17ClINO3/c1-16(2,3)22-15(20)19-5-4-13-11(8-19)10-6-9(18)7-12(17)14(10)21-13/h6-7H,4-5,8H2,1-3H3. The molecular formula is C16H17ClINO3.